The molecule has 0 saturated carbocycles. The SMILES string of the molecule is CCNC(=O)C(C)N(Cc1ccc(C)cc1)C(=O)CCCN(c1ccc(Cl)cc1)S(C)(=O)=O. The number of aryl methyl sites for hydroxylation is 1. The van der Waals surface area contributed by atoms with E-state index in [2.05, 4.69) is 5.32 Å². The zero-order chi connectivity index (χ0) is 24.6. The molecule has 1 N–H and O–H groups in total. The van der Waals surface area contributed by atoms with Crippen LogP contribution in [0.25, 0.3) is 0 Å². The van der Waals surface area contributed by atoms with E-state index in [4.69, 9.17) is 11.6 Å². The highest BCUT2D eigenvalue weighted by molar-refractivity contribution is 7.92. The smallest absolute Gasteiger partial charge is 0.242 e. The van der Waals surface area contributed by atoms with Crippen molar-refractivity contribution in [1.29, 1.82) is 0 Å². The zero-order valence-corrected chi connectivity index (χ0v) is 21.1. The maximum absolute atomic E-state index is 13.1. The number of anilines is 1. The van der Waals surface area contributed by atoms with Gasteiger partial charge < -0.3 is 10.2 Å². The maximum Gasteiger partial charge on any atom is 0.242 e. The van der Waals surface area contributed by atoms with Gasteiger partial charge in [0.2, 0.25) is 21.8 Å². The average molecular weight is 494 g/mol. The van der Waals surface area contributed by atoms with Crippen molar-refractivity contribution in [3.63, 3.8) is 0 Å². The predicted octanol–water partition coefficient (Wildman–Crippen LogP) is 3.75. The average Bonchev–Trinajstić information content (AvgIpc) is 2.76. The summed E-state index contributed by atoms with van der Waals surface area (Å²) in [4.78, 5) is 27.1. The molecule has 0 aliphatic rings. The van der Waals surface area contributed by atoms with Gasteiger partial charge in [0, 0.05) is 31.1 Å². The van der Waals surface area contributed by atoms with Gasteiger partial charge in [0.1, 0.15) is 6.04 Å². The van der Waals surface area contributed by atoms with E-state index < -0.39 is 16.1 Å². The van der Waals surface area contributed by atoms with Crippen molar-refractivity contribution in [1.82, 2.24) is 10.2 Å². The second-order valence-corrected chi connectivity index (χ2v) is 10.3. The molecule has 1 atom stereocenters. The van der Waals surface area contributed by atoms with Crippen LogP contribution >= 0.6 is 11.6 Å². The molecule has 2 amide bonds. The summed E-state index contributed by atoms with van der Waals surface area (Å²) in [7, 11) is -3.54. The lowest BCUT2D eigenvalue weighted by Crippen LogP contribution is -2.47. The Morgan fingerprint density at radius 1 is 1.06 bits per heavy atom. The van der Waals surface area contributed by atoms with Gasteiger partial charge in [0.15, 0.2) is 0 Å². The molecule has 0 spiro atoms. The van der Waals surface area contributed by atoms with Crippen LogP contribution in [0.4, 0.5) is 5.69 Å². The van der Waals surface area contributed by atoms with E-state index in [1.54, 1.807) is 36.1 Å². The quantitative estimate of drug-likeness (QED) is 0.516. The molecule has 1 unspecified atom stereocenters. The molecule has 0 heterocycles. The van der Waals surface area contributed by atoms with Gasteiger partial charge in [-0.2, -0.15) is 0 Å². The van der Waals surface area contributed by atoms with Gasteiger partial charge in [0.25, 0.3) is 0 Å². The molecule has 0 aliphatic carbocycles. The molecule has 2 rings (SSSR count). The van der Waals surface area contributed by atoms with Crippen molar-refractivity contribution in [3.05, 3.63) is 64.7 Å². The minimum absolute atomic E-state index is 0.106. The van der Waals surface area contributed by atoms with Crippen LogP contribution in [0, 0.1) is 6.92 Å². The highest BCUT2D eigenvalue weighted by Gasteiger charge is 2.26. The minimum atomic E-state index is -3.54. The largest absolute Gasteiger partial charge is 0.355 e. The second-order valence-electron chi connectivity index (χ2n) is 7.99. The van der Waals surface area contributed by atoms with Crippen LogP contribution in [-0.2, 0) is 26.2 Å². The molecule has 180 valence electrons. The summed E-state index contributed by atoms with van der Waals surface area (Å²) in [5, 5.41) is 3.27. The first-order valence-corrected chi connectivity index (χ1v) is 13.1. The first-order valence-electron chi connectivity index (χ1n) is 10.9. The Balaban J connectivity index is 2.13. The van der Waals surface area contributed by atoms with E-state index in [0.29, 0.717) is 30.2 Å². The first kappa shape index (κ1) is 26.7. The molecule has 7 nitrogen and oxygen atoms in total. The first-order chi connectivity index (χ1) is 15.5. The van der Waals surface area contributed by atoms with Crippen LogP contribution < -0.4 is 9.62 Å². The Kier molecular flexibility index (Phi) is 9.73. The molecule has 0 radical (unpaired) electrons. The Labute approximate surface area is 201 Å². The summed E-state index contributed by atoms with van der Waals surface area (Å²) in [6.07, 6.45) is 1.54. The van der Waals surface area contributed by atoms with Gasteiger partial charge in [-0.25, -0.2) is 8.42 Å². The summed E-state index contributed by atoms with van der Waals surface area (Å²) in [5.74, 6) is -0.434. The summed E-state index contributed by atoms with van der Waals surface area (Å²) < 4.78 is 25.9. The molecule has 0 aromatic heterocycles. The number of hydrogen-bond acceptors (Lipinski definition) is 4. The van der Waals surface area contributed by atoms with E-state index in [1.807, 2.05) is 38.1 Å². The molecular weight excluding hydrogens is 462 g/mol. The number of amides is 2. The van der Waals surface area contributed by atoms with Gasteiger partial charge in [-0.15, -0.1) is 0 Å². The summed E-state index contributed by atoms with van der Waals surface area (Å²) in [5.41, 5.74) is 2.52. The fraction of sp³-hybridized carbons (Fsp3) is 0.417. The molecule has 9 heteroatoms. The number of halogens is 1. The topological polar surface area (TPSA) is 86.8 Å². The van der Waals surface area contributed by atoms with Crippen molar-refractivity contribution in [2.45, 2.75) is 46.2 Å². The number of rotatable bonds is 11. The molecule has 33 heavy (non-hydrogen) atoms. The summed E-state index contributed by atoms with van der Waals surface area (Å²) in [6.45, 7) is 6.42. The van der Waals surface area contributed by atoms with E-state index >= 15 is 0 Å². The molecule has 0 saturated heterocycles. The number of nitrogens with one attached hydrogen (secondary N) is 1. The third kappa shape index (κ3) is 8.05. The predicted molar refractivity (Wildman–Crippen MR) is 133 cm³/mol. The normalized spacial score (nSPS) is 12.2. The number of carbonyl (C=O) groups excluding carboxylic acids is 2. The second kappa shape index (κ2) is 12.0. The molecule has 2 aromatic carbocycles. The van der Waals surface area contributed by atoms with Gasteiger partial charge >= 0.3 is 0 Å². The number of nitrogens with zero attached hydrogens (tertiary/aromatic N) is 2. The lowest BCUT2D eigenvalue weighted by atomic mass is 10.1. The van der Waals surface area contributed by atoms with Gasteiger partial charge in [0.05, 0.1) is 11.9 Å². The molecular formula is C24H32ClN3O4S. The molecule has 0 fully saturated rings. The Morgan fingerprint density at radius 3 is 2.21 bits per heavy atom. The molecule has 0 aliphatic heterocycles. The van der Waals surface area contributed by atoms with E-state index in [1.165, 1.54) is 4.31 Å². The third-order valence-electron chi connectivity index (χ3n) is 5.26. The van der Waals surface area contributed by atoms with Gasteiger partial charge in [-0.1, -0.05) is 41.4 Å². The van der Waals surface area contributed by atoms with Gasteiger partial charge in [-0.3, -0.25) is 13.9 Å². The van der Waals surface area contributed by atoms with E-state index in [-0.39, 0.29) is 24.8 Å². The van der Waals surface area contributed by atoms with Crippen LogP contribution in [-0.4, -0.2) is 50.5 Å². The minimum Gasteiger partial charge on any atom is -0.355 e. The van der Waals surface area contributed by atoms with Crippen LogP contribution in [0.15, 0.2) is 48.5 Å². The van der Waals surface area contributed by atoms with Crippen LogP contribution in [0.3, 0.4) is 0 Å². The number of carbonyl (C=O) groups is 2. The van der Waals surface area contributed by atoms with E-state index in [9.17, 15) is 18.0 Å². The highest BCUT2D eigenvalue weighted by Crippen LogP contribution is 2.21. The lowest BCUT2D eigenvalue weighted by Gasteiger charge is -2.29. The van der Waals surface area contributed by atoms with Crippen molar-refractivity contribution >= 4 is 39.1 Å². The Morgan fingerprint density at radius 2 is 1.67 bits per heavy atom. The highest BCUT2D eigenvalue weighted by atomic mass is 35.5. The standard InChI is InChI=1S/C24H32ClN3O4S/c1-5-26-24(30)19(3)27(17-20-10-8-18(2)9-11-20)23(29)7-6-16-28(33(4,31)32)22-14-12-21(25)13-15-22/h8-15,19H,5-7,16-17H2,1-4H3,(H,26,30). The molecule has 2 aromatic rings. The maximum atomic E-state index is 13.1. The number of hydrogen-bond donors (Lipinski definition) is 1. The van der Waals surface area contributed by atoms with Crippen molar-refractivity contribution < 1.29 is 18.0 Å². The monoisotopic (exact) mass is 493 g/mol. The molecule has 0 bridgehead atoms. The fourth-order valence-electron chi connectivity index (χ4n) is 3.41. The van der Waals surface area contributed by atoms with Crippen molar-refractivity contribution in [2.24, 2.45) is 0 Å². The number of benzene rings is 2. The summed E-state index contributed by atoms with van der Waals surface area (Å²) >= 11 is 5.91. The van der Waals surface area contributed by atoms with Gasteiger partial charge in [-0.05, 0) is 57.0 Å². The Hall–Kier alpha value is -2.58. The van der Waals surface area contributed by atoms with E-state index in [0.717, 1.165) is 17.4 Å². The third-order valence-corrected chi connectivity index (χ3v) is 6.70. The van der Waals surface area contributed by atoms with Crippen LogP contribution in [0.2, 0.25) is 5.02 Å². The fourth-order valence-corrected chi connectivity index (χ4v) is 4.50. The lowest BCUT2D eigenvalue weighted by molar-refractivity contribution is -0.140. The van der Waals surface area contributed by atoms with Crippen molar-refractivity contribution in [3.8, 4) is 0 Å². The number of sulfonamides is 1. The van der Waals surface area contributed by atoms with Crippen molar-refractivity contribution in [2.75, 3.05) is 23.7 Å². The zero-order valence-electron chi connectivity index (χ0n) is 19.5. The van der Waals surface area contributed by atoms with Crippen LogP contribution in [0.1, 0.15) is 37.8 Å². The Bertz CT molecular complexity index is 1040. The summed E-state index contributed by atoms with van der Waals surface area (Å²) in [6, 6.07) is 13.7. The number of likely N-dealkylation sites (N-methyl/N-ethyl adjacent to an activating group) is 1. The van der Waals surface area contributed by atoms with Crippen LogP contribution in [0.5, 0.6) is 0 Å².